The monoisotopic (exact) mass is 294 g/mol. The van der Waals surface area contributed by atoms with Crippen LogP contribution in [0.25, 0.3) is 0 Å². The molecule has 0 saturated heterocycles. The second-order valence-electron chi connectivity index (χ2n) is 2.74. The highest BCUT2D eigenvalue weighted by molar-refractivity contribution is 5.42. The molecule has 0 spiro atoms. The first-order valence-electron chi connectivity index (χ1n) is 8.57. The highest BCUT2D eigenvalue weighted by Crippen LogP contribution is 2.17. The van der Waals surface area contributed by atoms with E-state index in [0.29, 0.717) is 0 Å². The van der Waals surface area contributed by atoms with E-state index in [0.717, 1.165) is 18.4 Å². The smallest absolute Gasteiger partial charge is 0.0231 e. The Morgan fingerprint density at radius 1 is 0.714 bits per heavy atom. The molecule has 0 heteroatoms. The molecule has 0 aromatic carbocycles. The Hall–Kier alpha value is -1.30. The molecule has 0 aliphatic rings. The van der Waals surface area contributed by atoms with Crippen molar-refractivity contribution >= 4 is 0 Å². The maximum atomic E-state index is 3.77. The van der Waals surface area contributed by atoms with E-state index in [1.807, 2.05) is 79.7 Å². The lowest BCUT2D eigenvalue weighted by Crippen LogP contribution is -1.85. The molecule has 0 aliphatic carbocycles. The number of rotatable bonds is 6. The lowest BCUT2D eigenvalue weighted by molar-refractivity contribution is 0.918. The van der Waals surface area contributed by atoms with Gasteiger partial charge in [0.1, 0.15) is 0 Å². The number of hydrogen-bond donors (Lipinski definition) is 0. The maximum absolute atomic E-state index is 3.77. The van der Waals surface area contributed by atoms with Gasteiger partial charge in [0.05, 0.1) is 0 Å². The van der Waals surface area contributed by atoms with Crippen molar-refractivity contribution in [3.63, 3.8) is 0 Å². The third-order valence-electron chi connectivity index (χ3n) is 1.73. The van der Waals surface area contributed by atoms with Crippen LogP contribution in [-0.4, -0.2) is 0 Å². The summed E-state index contributed by atoms with van der Waals surface area (Å²) in [7, 11) is 0. The van der Waals surface area contributed by atoms with Gasteiger partial charge in [-0.1, -0.05) is 119 Å². The summed E-state index contributed by atoms with van der Waals surface area (Å²) in [6.45, 7) is 29.3. The molecule has 0 saturated carbocycles. The minimum Gasteiger partial charge on any atom is -0.0991 e. The summed E-state index contributed by atoms with van der Waals surface area (Å²) in [5.41, 5.74) is 2.41. The highest BCUT2D eigenvalue weighted by Gasteiger charge is 1.97. The highest BCUT2D eigenvalue weighted by atomic mass is 14.0. The standard InChI is InChI=1S/C13H18.4C2H6/c1-5-9-12(8-4)13(10-6-2)11-7-3;4*1-2/h5-6,8-10H,1-2,4,7,11H2,3H3;4*1-2H3/b12-9-,13-10-;;;;. The van der Waals surface area contributed by atoms with Gasteiger partial charge in [-0.2, -0.15) is 0 Å². The van der Waals surface area contributed by atoms with E-state index in [1.165, 1.54) is 5.57 Å². The normalized spacial score (nSPS) is 8.81. The van der Waals surface area contributed by atoms with Crippen molar-refractivity contribution in [3.8, 4) is 0 Å². The third-order valence-corrected chi connectivity index (χ3v) is 1.73. The Bertz CT molecular complexity index is 239. The average molecular weight is 295 g/mol. The van der Waals surface area contributed by atoms with E-state index in [4.69, 9.17) is 0 Å². The summed E-state index contributed by atoms with van der Waals surface area (Å²) in [6.07, 6.45) is 11.6. The first-order valence-corrected chi connectivity index (χ1v) is 8.57. The van der Waals surface area contributed by atoms with Gasteiger partial charge in [-0.25, -0.2) is 0 Å². The first-order chi connectivity index (χ1) is 10.3. The molecule has 0 bridgehead atoms. The Morgan fingerprint density at radius 3 is 1.33 bits per heavy atom. The van der Waals surface area contributed by atoms with Crippen molar-refractivity contribution in [2.75, 3.05) is 0 Å². The van der Waals surface area contributed by atoms with Crippen LogP contribution in [-0.2, 0) is 0 Å². The second kappa shape index (κ2) is 42.8. The molecule has 0 aliphatic heterocycles. The lowest BCUT2D eigenvalue weighted by Gasteiger charge is -2.05. The van der Waals surface area contributed by atoms with Crippen molar-refractivity contribution < 1.29 is 0 Å². The summed E-state index contributed by atoms with van der Waals surface area (Å²) in [5, 5.41) is 0. The van der Waals surface area contributed by atoms with Crippen LogP contribution < -0.4 is 0 Å². The van der Waals surface area contributed by atoms with Crippen molar-refractivity contribution in [2.24, 2.45) is 0 Å². The number of allylic oxidation sites excluding steroid dienone is 7. The molecule has 0 unspecified atom stereocenters. The van der Waals surface area contributed by atoms with E-state index in [9.17, 15) is 0 Å². The van der Waals surface area contributed by atoms with Gasteiger partial charge >= 0.3 is 0 Å². The van der Waals surface area contributed by atoms with Crippen LogP contribution in [0.4, 0.5) is 0 Å². The fourth-order valence-corrected chi connectivity index (χ4v) is 1.17. The Kier molecular flexibility index (Phi) is 65.0. The van der Waals surface area contributed by atoms with E-state index in [-0.39, 0.29) is 0 Å². The van der Waals surface area contributed by atoms with Gasteiger partial charge in [-0.15, -0.1) is 0 Å². The van der Waals surface area contributed by atoms with Crippen molar-refractivity contribution in [1.29, 1.82) is 0 Å². The van der Waals surface area contributed by atoms with Crippen LogP contribution >= 0.6 is 0 Å². The molecule has 0 fully saturated rings. The first kappa shape index (κ1) is 31.9. The molecular weight excluding hydrogens is 252 g/mol. The Balaban J connectivity index is -0.0000000912. The summed E-state index contributed by atoms with van der Waals surface area (Å²) < 4.78 is 0. The van der Waals surface area contributed by atoms with Crippen LogP contribution in [0.3, 0.4) is 0 Å². The zero-order valence-corrected chi connectivity index (χ0v) is 16.4. The van der Waals surface area contributed by atoms with Crippen LogP contribution in [0.1, 0.15) is 75.2 Å². The van der Waals surface area contributed by atoms with Gasteiger partial charge < -0.3 is 0 Å². The van der Waals surface area contributed by atoms with Crippen LogP contribution in [0, 0.1) is 0 Å². The minimum atomic E-state index is 1.05. The fourth-order valence-electron chi connectivity index (χ4n) is 1.17. The predicted octanol–water partition coefficient (Wildman–Crippen LogP) is 8.30. The summed E-state index contributed by atoms with van der Waals surface area (Å²) in [5.74, 6) is 0. The van der Waals surface area contributed by atoms with Gasteiger partial charge in [0, 0.05) is 0 Å². The molecule has 0 N–H and O–H groups in total. The Morgan fingerprint density at radius 2 is 1.10 bits per heavy atom. The lowest BCUT2D eigenvalue weighted by atomic mass is 10.0. The quantitative estimate of drug-likeness (QED) is 0.432. The number of hydrogen-bond acceptors (Lipinski definition) is 0. The zero-order chi connectivity index (χ0) is 18.1. The molecule has 126 valence electrons. The molecule has 0 radical (unpaired) electrons. The van der Waals surface area contributed by atoms with Crippen LogP contribution in [0.5, 0.6) is 0 Å². The van der Waals surface area contributed by atoms with E-state index in [2.05, 4.69) is 26.7 Å². The van der Waals surface area contributed by atoms with Crippen LogP contribution in [0.15, 0.2) is 61.3 Å². The topological polar surface area (TPSA) is 0 Å². The largest absolute Gasteiger partial charge is 0.0991 e. The summed E-state index contributed by atoms with van der Waals surface area (Å²) in [6, 6.07) is 0. The molecule has 0 amide bonds. The minimum absolute atomic E-state index is 1.05. The molecular formula is C21H42. The molecule has 0 heterocycles. The SMILES string of the molecule is C=C/C=C(C=C)\C(=C/C=C)CCC.CC.CC.CC.CC. The van der Waals surface area contributed by atoms with Gasteiger partial charge in [-0.3, -0.25) is 0 Å². The van der Waals surface area contributed by atoms with Crippen molar-refractivity contribution in [2.45, 2.75) is 75.2 Å². The van der Waals surface area contributed by atoms with Gasteiger partial charge in [-0.05, 0) is 17.6 Å². The fraction of sp³-hybridized carbons (Fsp3) is 0.524. The van der Waals surface area contributed by atoms with Crippen molar-refractivity contribution in [3.05, 3.63) is 61.3 Å². The second-order valence-corrected chi connectivity index (χ2v) is 2.74. The molecule has 21 heavy (non-hydrogen) atoms. The van der Waals surface area contributed by atoms with Gasteiger partial charge in [0.2, 0.25) is 0 Å². The third kappa shape index (κ3) is 27.8. The maximum Gasteiger partial charge on any atom is -0.0231 e. The van der Waals surface area contributed by atoms with E-state index >= 15 is 0 Å². The van der Waals surface area contributed by atoms with E-state index < -0.39 is 0 Å². The summed E-state index contributed by atoms with van der Waals surface area (Å²) in [4.78, 5) is 0. The van der Waals surface area contributed by atoms with Gasteiger partial charge in [0.15, 0.2) is 0 Å². The van der Waals surface area contributed by atoms with Crippen LogP contribution in [0.2, 0.25) is 0 Å². The molecule has 0 aromatic heterocycles. The van der Waals surface area contributed by atoms with Crippen molar-refractivity contribution in [1.82, 2.24) is 0 Å². The molecule has 0 rings (SSSR count). The predicted molar refractivity (Wildman–Crippen MR) is 107 cm³/mol. The average Bonchev–Trinajstić information content (AvgIpc) is 2.60. The molecule has 0 aromatic rings. The molecule has 0 nitrogen and oxygen atoms in total. The summed E-state index contributed by atoms with van der Waals surface area (Å²) >= 11 is 0. The van der Waals surface area contributed by atoms with Gasteiger partial charge in [0.25, 0.3) is 0 Å². The van der Waals surface area contributed by atoms with E-state index in [1.54, 1.807) is 6.08 Å². The Labute approximate surface area is 137 Å². The molecule has 0 atom stereocenters. The zero-order valence-electron chi connectivity index (χ0n) is 16.4.